The van der Waals surface area contributed by atoms with E-state index in [1.807, 2.05) is 42.5 Å². The number of amides is 1. The summed E-state index contributed by atoms with van der Waals surface area (Å²) < 4.78 is 28.7. The van der Waals surface area contributed by atoms with Crippen LogP contribution in [0.2, 0.25) is 0 Å². The van der Waals surface area contributed by atoms with Gasteiger partial charge in [0.25, 0.3) is 5.91 Å². The van der Waals surface area contributed by atoms with Crippen molar-refractivity contribution < 1.29 is 38.0 Å². The van der Waals surface area contributed by atoms with Crippen molar-refractivity contribution >= 4 is 39.8 Å². The van der Waals surface area contributed by atoms with Crippen molar-refractivity contribution in [3.05, 3.63) is 112 Å². The predicted octanol–water partition coefficient (Wildman–Crippen LogP) is 8.00. The minimum Gasteiger partial charge on any atom is -0.490 e. The van der Waals surface area contributed by atoms with Crippen molar-refractivity contribution in [1.29, 1.82) is 0 Å². The van der Waals surface area contributed by atoms with E-state index >= 15 is 0 Å². The number of nitrogens with zero attached hydrogens (tertiary/aromatic N) is 3. The van der Waals surface area contributed by atoms with Crippen LogP contribution in [0.3, 0.4) is 0 Å². The Kier molecular flexibility index (Phi) is 13.5. The molecule has 3 aromatic carbocycles. The Morgan fingerprint density at radius 2 is 1.59 bits per heavy atom. The average molecular weight is 833 g/mol. The molecule has 1 fully saturated rings. The minimum atomic E-state index is -0.781. The van der Waals surface area contributed by atoms with E-state index in [0.717, 1.165) is 55.1 Å². The van der Waals surface area contributed by atoms with E-state index in [-0.39, 0.29) is 30.4 Å². The number of carbonyl (C=O) groups is 3. The molecule has 2 aliphatic heterocycles. The highest BCUT2D eigenvalue weighted by atomic mass is 16.6. The molecule has 2 aromatic heterocycles. The van der Waals surface area contributed by atoms with Crippen LogP contribution >= 0.6 is 0 Å². The second-order valence-electron chi connectivity index (χ2n) is 16.7. The zero-order chi connectivity index (χ0) is 43.1. The van der Waals surface area contributed by atoms with E-state index in [9.17, 15) is 14.4 Å². The number of aromatic amines is 1. The summed E-state index contributed by atoms with van der Waals surface area (Å²) >= 11 is 0. The Morgan fingerprint density at radius 3 is 2.34 bits per heavy atom. The number of hydrogen-bond acceptors (Lipinski definition) is 12. The molecule has 322 valence electrons. The first-order valence-corrected chi connectivity index (χ1v) is 21.1. The van der Waals surface area contributed by atoms with Crippen LogP contribution in [0.25, 0.3) is 21.9 Å². The molecule has 1 saturated heterocycles. The van der Waals surface area contributed by atoms with E-state index in [1.165, 1.54) is 7.11 Å². The molecule has 3 atom stereocenters. The second kappa shape index (κ2) is 19.2. The van der Waals surface area contributed by atoms with Crippen LogP contribution in [0.5, 0.6) is 5.75 Å². The van der Waals surface area contributed by atoms with E-state index in [2.05, 4.69) is 63.7 Å². The van der Waals surface area contributed by atoms with Gasteiger partial charge in [0.1, 0.15) is 41.4 Å². The third-order valence-corrected chi connectivity index (χ3v) is 11.3. The number of hydrogen-bond donors (Lipinski definition) is 3. The van der Waals surface area contributed by atoms with Gasteiger partial charge in [-0.1, -0.05) is 74.2 Å². The lowest BCUT2D eigenvalue weighted by Gasteiger charge is -2.35. The first-order chi connectivity index (χ1) is 29.4. The topological polar surface area (TPSA) is 170 Å². The molecule has 1 amide bonds. The number of methoxy groups -OCH3 is 1. The lowest BCUT2D eigenvalue weighted by atomic mass is 9.80. The Morgan fingerprint density at radius 1 is 0.869 bits per heavy atom. The Hall–Kier alpha value is -5.99. The van der Waals surface area contributed by atoms with Gasteiger partial charge in [0.2, 0.25) is 0 Å². The highest BCUT2D eigenvalue weighted by Gasteiger charge is 2.41. The molecule has 0 bridgehead atoms. The van der Waals surface area contributed by atoms with Gasteiger partial charge < -0.3 is 34.6 Å². The van der Waals surface area contributed by atoms with Crippen molar-refractivity contribution in [2.75, 3.05) is 33.4 Å². The number of esters is 2. The van der Waals surface area contributed by atoms with Crippen molar-refractivity contribution in [3.63, 3.8) is 0 Å². The van der Waals surface area contributed by atoms with E-state index in [4.69, 9.17) is 23.6 Å². The molecule has 14 nitrogen and oxygen atoms in total. The maximum absolute atomic E-state index is 13.6. The molecular weight excluding hydrogens is 777 g/mol. The van der Waals surface area contributed by atoms with Gasteiger partial charge >= 0.3 is 11.9 Å². The highest BCUT2D eigenvalue weighted by Crippen LogP contribution is 2.41. The Bertz CT molecular complexity index is 2410. The number of fused-ring (bicyclic) bond motifs is 2. The number of nitrogens with one attached hydrogen (secondary N) is 3. The van der Waals surface area contributed by atoms with E-state index in [0.29, 0.717) is 70.2 Å². The van der Waals surface area contributed by atoms with Gasteiger partial charge in [0.15, 0.2) is 0 Å². The second-order valence-corrected chi connectivity index (χ2v) is 16.7. The van der Waals surface area contributed by atoms with E-state index < -0.39 is 17.9 Å². The molecule has 0 saturated carbocycles. The summed E-state index contributed by atoms with van der Waals surface area (Å²) in [5, 5.41) is 15.1. The third kappa shape index (κ3) is 9.81. The Labute approximate surface area is 356 Å². The van der Waals surface area contributed by atoms with Gasteiger partial charge in [-0.25, -0.2) is 14.2 Å². The van der Waals surface area contributed by atoms with Gasteiger partial charge in [0, 0.05) is 40.9 Å². The quantitative estimate of drug-likeness (QED) is 0.0611. The number of allylic oxidation sites excluding steroid dienone is 2. The fraction of sp³-hybridized carbons (Fsp3) is 0.426. The first-order valence-electron chi connectivity index (χ1n) is 21.1. The number of dihydropyridines is 1. The standard InChI is InChI=1S/C47H56N6O8/c1-29-39(45(55)57-6)41(33-20-16-22-36-42(33)52-61-51-36)40(30(2)49-29)46(56)58-25-15-10-8-7-9-14-24-48-43(54)37-26-34-35(50-37)21-17-23-38(34)59-28-32-27-53(47(3,4)5)44(60-32)31-18-12-11-13-19-31/h11-13,16-23,26,32,41,44,49-50H,7-10,14-15,24-25,27-28H2,1-6H3,(H,48,54)/t32-,41+,44?/m0/s1. The normalized spacial score (nSPS) is 18.4. The first kappa shape index (κ1) is 43.1. The van der Waals surface area contributed by atoms with Crippen LogP contribution in [-0.4, -0.2) is 83.1 Å². The van der Waals surface area contributed by atoms with Crippen LogP contribution < -0.4 is 15.4 Å². The van der Waals surface area contributed by atoms with Gasteiger partial charge in [-0.2, -0.15) is 0 Å². The molecular formula is C47H56N6O8. The maximum atomic E-state index is 13.6. The smallest absolute Gasteiger partial charge is 0.336 e. The van der Waals surface area contributed by atoms with Crippen molar-refractivity contribution in [1.82, 2.24) is 30.8 Å². The van der Waals surface area contributed by atoms with Crippen LogP contribution in [-0.2, 0) is 23.8 Å². The molecule has 7 rings (SSSR count). The van der Waals surface area contributed by atoms with Crippen LogP contribution in [0.15, 0.2) is 100.0 Å². The average Bonchev–Trinajstić information content (AvgIpc) is 4.02. The number of ether oxygens (including phenoxy) is 4. The summed E-state index contributed by atoms with van der Waals surface area (Å²) in [6.07, 6.45) is 5.06. The molecule has 4 heterocycles. The van der Waals surface area contributed by atoms with E-state index in [1.54, 1.807) is 32.0 Å². The summed E-state index contributed by atoms with van der Waals surface area (Å²) in [5.41, 5.74) is 5.69. The molecule has 61 heavy (non-hydrogen) atoms. The maximum Gasteiger partial charge on any atom is 0.336 e. The monoisotopic (exact) mass is 832 g/mol. The lowest BCUT2D eigenvalue weighted by molar-refractivity contribution is -0.139. The predicted molar refractivity (Wildman–Crippen MR) is 230 cm³/mol. The zero-order valence-corrected chi connectivity index (χ0v) is 35.8. The summed E-state index contributed by atoms with van der Waals surface area (Å²) in [7, 11) is 1.31. The molecule has 2 aliphatic rings. The molecule has 5 aromatic rings. The van der Waals surface area contributed by atoms with Crippen LogP contribution in [0.1, 0.15) is 107 Å². The van der Waals surface area contributed by atoms with Gasteiger partial charge in [-0.3, -0.25) is 9.69 Å². The number of carbonyl (C=O) groups excluding carboxylic acids is 3. The molecule has 14 heteroatoms. The van der Waals surface area contributed by atoms with Crippen LogP contribution in [0, 0.1) is 0 Å². The largest absolute Gasteiger partial charge is 0.490 e. The van der Waals surface area contributed by atoms with Gasteiger partial charge in [-0.05, 0) is 93.2 Å². The van der Waals surface area contributed by atoms with Crippen molar-refractivity contribution in [3.8, 4) is 5.75 Å². The number of aromatic nitrogens is 3. The van der Waals surface area contributed by atoms with Crippen molar-refractivity contribution in [2.45, 2.75) is 96.9 Å². The summed E-state index contributed by atoms with van der Waals surface area (Å²) in [6, 6.07) is 23.3. The third-order valence-electron chi connectivity index (χ3n) is 11.3. The zero-order valence-electron chi connectivity index (χ0n) is 35.8. The number of rotatable bonds is 17. The number of benzene rings is 3. The lowest BCUT2D eigenvalue weighted by Crippen LogP contribution is -2.42. The fourth-order valence-electron chi connectivity index (χ4n) is 8.26. The number of unbranched alkanes of at least 4 members (excludes halogenated alkanes) is 5. The fourth-order valence-corrected chi connectivity index (χ4v) is 8.26. The Balaban J connectivity index is 0.831. The summed E-state index contributed by atoms with van der Waals surface area (Å²) in [5.74, 6) is -1.31. The van der Waals surface area contributed by atoms with Crippen molar-refractivity contribution in [2.24, 2.45) is 0 Å². The van der Waals surface area contributed by atoms with Gasteiger partial charge in [0.05, 0.1) is 30.8 Å². The minimum absolute atomic E-state index is 0.0818. The highest BCUT2D eigenvalue weighted by molar-refractivity contribution is 6.01. The molecule has 1 unspecified atom stereocenters. The summed E-state index contributed by atoms with van der Waals surface area (Å²) in [4.78, 5) is 45.4. The van der Waals surface area contributed by atoms with Gasteiger partial charge in [-0.15, -0.1) is 0 Å². The number of H-pyrrole nitrogens is 1. The molecule has 0 spiro atoms. The summed E-state index contributed by atoms with van der Waals surface area (Å²) in [6.45, 7) is 12.1. The molecule has 3 N–H and O–H groups in total. The molecule has 0 aliphatic carbocycles. The molecule has 0 radical (unpaired) electrons. The van der Waals surface area contributed by atoms with Crippen LogP contribution in [0.4, 0.5) is 0 Å². The SMILES string of the molecule is COC(=O)C1=C(C)NC(C)=C(C(=O)OCCCCCCCCNC(=O)c2cc3c(OC[C@@H]4CN(C(C)(C)C)C(c5ccccc5)O4)cccc3[nH]2)[C@@H]1c1cccc2nonc12.